The molecule has 28 heavy (non-hydrogen) atoms. The van der Waals surface area contributed by atoms with Gasteiger partial charge in [0.2, 0.25) is 0 Å². The van der Waals surface area contributed by atoms with Gasteiger partial charge in [0.25, 0.3) is 0 Å². The number of carbonyl (C=O) groups is 1. The van der Waals surface area contributed by atoms with Crippen molar-refractivity contribution in [3.8, 4) is 0 Å². The van der Waals surface area contributed by atoms with Crippen molar-refractivity contribution < 1.29 is 4.79 Å². The fourth-order valence-electron chi connectivity index (χ4n) is 4.12. The minimum Gasteiger partial charge on any atom is -0.299 e. The second-order valence-corrected chi connectivity index (χ2v) is 8.16. The lowest BCUT2D eigenvalue weighted by molar-refractivity contribution is -0.118. The van der Waals surface area contributed by atoms with Gasteiger partial charge in [0.1, 0.15) is 5.78 Å². The zero-order chi connectivity index (χ0) is 19.9. The Labute approximate surface area is 170 Å². The first-order valence-electron chi connectivity index (χ1n) is 10.6. The Kier molecular flexibility index (Phi) is 7.03. The third-order valence-corrected chi connectivity index (χ3v) is 5.78. The highest BCUT2D eigenvalue weighted by atomic mass is 16.1. The van der Waals surface area contributed by atoms with Crippen molar-refractivity contribution in [3.63, 3.8) is 0 Å². The van der Waals surface area contributed by atoms with Gasteiger partial charge in [0.05, 0.1) is 0 Å². The van der Waals surface area contributed by atoms with Crippen molar-refractivity contribution in [1.82, 2.24) is 0 Å². The molecule has 1 unspecified atom stereocenters. The molecule has 1 aliphatic carbocycles. The van der Waals surface area contributed by atoms with E-state index in [9.17, 15) is 4.79 Å². The maximum Gasteiger partial charge on any atom is 0.137 e. The predicted octanol–water partition coefficient (Wildman–Crippen LogP) is 7.14. The fraction of sp³-hybridized carbons (Fsp3) is 0.370. The van der Waals surface area contributed by atoms with E-state index in [1.165, 1.54) is 22.3 Å². The Balaban J connectivity index is 1.47. The van der Waals surface area contributed by atoms with Gasteiger partial charge in [-0.2, -0.15) is 0 Å². The van der Waals surface area contributed by atoms with Crippen molar-refractivity contribution in [3.05, 3.63) is 89.0 Å². The quantitative estimate of drug-likeness (QED) is 0.457. The zero-order valence-electron chi connectivity index (χ0n) is 17.4. The highest BCUT2D eigenvalue weighted by Crippen LogP contribution is 2.38. The number of allylic oxidation sites excluding steroid dienone is 4. The molecule has 1 heteroatoms. The van der Waals surface area contributed by atoms with Crippen molar-refractivity contribution in [1.29, 1.82) is 0 Å². The molecular weight excluding hydrogens is 340 g/mol. The van der Waals surface area contributed by atoms with Gasteiger partial charge in [-0.15, -0.1) is 0 Å². The summed E-state index contributed by atoms with van der Waals surface area (Å²) in [5.74, 6) is 1.38. The first-order valence-corrected chi connectivity index (χ1v) is 10.6. The number of hydrogen-bond acceptors (Lipinski definition) is 1. The Morgan fingerprint density at radius 1 is 0.964 bits per heavy atom. The van der Waals surface area contributed by atoms with Gasteiger partial charge in [0, 0.05) is 18.8 Å². The zero-order valence-corrected chi connectivity index (χ0v) is 17.4. The van der Waals surface area contributed by atoms with E-state index in [1.54, 1.807) is 0 Å². The van der Waals surface area contributed by atoms with E-state index in [0.717, 1.165) is 24.8 Å². The number of carbonyl (C=O) groups excluding carboxylic acids is 1. The molecule has 0 spiro atoms. The maximum absolute atomic E-state index is 12.4. The molecule has 146 valence electrons. The van der Waals surface area contributed by atoms with Crippen LogP contribution < -0.4 is 0 Å². The van der Waals surface area contributed by atoms with Crippen molar-refractivity contribution >= 4 is 11.4 Å². The molecule has 0 amide bonds. The Morgan fingerprint density at radius 2 is 1.68 bits per heavy atom. The molecule has 1 atom stereocenters. The average Bonchev–Trinajstić information content (AvgIpc) is 3.12. The molecule has 1 aliphatic rings. The smallest absolute Gasteiger partial charge is 0.137 e. The number of ketones is 1. The highest BCUT2D eigenvalue weighted by Gasteiger charge is 2.22. The van der Waals surface area contributed by atoms with E-state index in [2.05, 4.69) is 87.5 Å². The van der Waals surface area contributed by atoms with Crippen molar-refractivity contribution in [2.24, 2.45) is 5.92 Å². The third-order valence-electron chi connectivity index (χ3n) is 5.78. The summed E-state index contributed by atoms with van der Waals surface area (Å²) in [5, 5.41) is 0. The van der Waals surface area contributed by atoms with E-state index in [-0.39, 0.29) is 0 Å². The topological polar surface area (TPSA) is 17.1 Å². The van der Waals surface area contributed by atoms with Gasteiger partial charge in [-0.05, 0) is 47.4 Å². The van der Waals surface area contributed by atoms with Crippen LogP contribution in [0.25, 0.3) is 5.57 Å². The largest absolute Gasteiger partial charge is 0.299 e. The van der Waals surface area contributed by atoms with Crippen molar-refractivity contribution in [2.45, 2.75) is 58.8 Å². The van der Waals surface area contributed by atoms with E-state index in [4.69, 9.17) is 0 Å². The van der Waals surface area contributed by atoms with E-state index in [1.807, 2.05) is 0 Å². The summed E-state index contributed by atoms with van der Waals surface area (Å²) in [6, 6.07) is 19.2. The summed E-state index contributed by atoms with van der Waals surface area (Å²) >= 11 is 0. The lowest BCUT2D eigenvalue weighted by Crippen LogP contribution is -2.06. The SMILES string of the molecule is CCC1C(CCCC(=O)Cc2ccc(C(C)C)cc2)=CC=C1c1ccccc1. The molecule has 0 fully saturated rings. The van der Waals surface area contributed by atoms with Gasteiger partial charge in [-0.1, -0.05) is 93.1 Å². The third kappa shape index (κ3) is 5.10. The Bertz CT molecular complexity index is 838. The summed E-state index contributed by atoms with van der Waals surface area (Å²) in [6.45, 7) is 6.64. The van der Waals surface area contributed by atoms with Crippen LogP contribution in [0.4, 0.5) is 0 Å². The summed E-state index contributed by atoms with van der Waals surface area (Å²) in [5.41, 5.74) is 6.69. The minimum absolute atomic E-state index is 0.347. The monoisotopic (exact) mass is 372 g/mol. The van der Waals surface area contributed by atoms with Crippen LogP contribution in [0.1, 0.15) is 69.1 Å². The van der Waals surface area contributed by atoms with Crippen LogP contribution in [0.15, 0.2) is 72.3 Å². The van der Waals surface area contributed by atoms with Gasteiger partial charge in [-0.3, -0.25) is 4.79 Å². The average molecular weight is 373 g/mol. The Morgan fingerprint density at radius 3 is 2.32 bits per heavy atom. The van der Waals surface area contributed by atoms with Gasteiger partial charge < -0.3 is 0 Å². The summed E-state index contributed by atoms with van der Waals surface area (Å²) in [4.78, 5) is 12.4. The highest BCUT2D eigenvalue weighted by molar-refractivity contribution is 5.81. The number of benzene rings is 2. The van der Waals surface area contributed by atoms with Crippen LogP contribution >= 0.6 is 0 Å². The molecule has 0 saturated heterocycles. The van der Waals surface area contributed by atoms with Crippen LogP contribution in [-0.4, -0.2) is 5.78 Å². The first-order chi connectivity index (χ1) is 13.6. The van der Waals surface area contributed by atoms with E-state index in [0.29, 0.717) is 30.5 Å². The lowest BCUT2D eigenvalue weighted by Gasteiger charge is -2.18. The molecule has 0 heterocycles. The van der Waals surface area contributed by atoms with E-state index < -0.39 is 0 Å². The molecule has 0 N–H and O–H groups in total. The van der Waals surface area contributed by atoms with Crippen LogP contribution in [0.3, 0.4) is 0 Å². The summed E-state index contributed by atoms with van der Waals surface area (Å²) < 4.78 is 0. The molecular formula is C27H32O. The Hall–Kier alpha value is -2.41. The van der Waals surface area contributed by atoms with Crippen LogP contribution in [0.5, 0.6) is 0 Å². The van der Waals surface area contributed by atoms with Crippen LogP contribution in [0, 0.1) is 5.92 Å². The summed E-state index contributed by atoms with van der Waals surface area (Å²) in [7, 11) is 0. The van der Waals surface area contributed by atoms with Gasteiger partial charge in [0.15, 0.2) is 0 Å². The molecule has 1 nitrogen and oxygen atoms in total. The second-order valence-electron chi connectivity index (χ2n) is 8.16. The standard InChI is InChI=1S/C27H32O/c1-4-26-24(17-18-27(26)23-9-6-5-7-10-23)11-8-12-25(28)19-21-13-15-22(16-14-21)20(2)3/h5-7,9-10,13-18,20,26H,4,8,11-12,19H2,1-3H3. The van der Waals surface area contributed by atoms with Crippen molar-refractivity contribution in [2.75, 3.05) is 0 Å². The molecule has 3 rings (SSSR count). The first kappa shape index (κ1) is 20.3. The molecule has 0 aliphatic heterocycles. The number of hydrogen-bond donors (Lipinski definition) is 0. The van der Waals surface area contributed by atoms with Gasteiger partial charge >= 0.3 is 0 Å². The van der Waals surface area contributed by atoms with Gasteiger partial charge in [-0.25, -0.2) is 0 Å². The normalized spacial score (nSPS) is 16.2. The molecule has 0 aromatic heterocycles. The fourth-order valence-corrected chi connectivity index (χ4v) is 4.12. The van der Waals surface area contributed by atoms with Crippen LogP contribution in [-0.2, 0) is 11.2 Å². The van der Waals surface area contributed by atoms with Crippen LogP contribution in [0.2, 0.25) is 0 Å². The lowest BCUT2D eigenvalue weighted by atomic mass is 9.86. The summed E-state index contributed by atoms with van der Waals surface area (Å²) in [6.07, 6.45) is 8.86. The predicted molar refractivity (Wildman–Crippen MR) is 119 cm³/mol. The molecule has 2 aromatic carbocycles. The molecule has 0 radical (unpaired) electrons. The minimum atomic E-state index is 0.347. The second kappa shape index (κ2) is 9.68. The number of Topliss-reactive ketones (excluding diaryl/α,β-unsaturated/α-hetero) is 1. The number of rotatable bonds is 9. The molecule has 2 aromatic rings. The van der Waals surface area contributed by atoms with E-state index >= 15 is 0 Å². The maximum atomic E-state index is 12.4. The molecule has 0 saturated carbocycles. The molecule has 0 bridgehead atoms.